The molecule has 0 aliphatic carbocycles. The first kappa shape index (κ1) is 10.9. The minimum Gasteiger partial charge on any atom is -0.461 e. The normalized spacial score (nSPS) is 10.4. The maximum Gasteiger partial charge on any atom is 0.175 e. The molecule has 0 spiro atoms. The van der Waals surface area contributed by atoms with Crippen LogP contribution in [0.1, 0.15) is 0 Å². The van der Waals surface area contributed by atoms with Gasteiger partial charge in [0.25, 0.3) is 0 Å². The van der Waals surface area contributed by atoms with Crippen molar-refractivity contribution in [2.75, 3.05) is 0 Å². The number of nitrogens with zero attached hydrogens (tertiary/aromatic N) is 1. The zero-order valence-corrected chi connectivity index (χ0v) is 10.3. The number of nitrogens with one attached hydrogen (secondary N) is 1. The lowest BCUT2D eigenvalue weighted by atomic mass is 10.1. The largest absolute Gasteiger partial charge is 0.461 e. The standard InChI is InChI=1S/C14H10N2OS/c18-13-9-11(10-5-2-1-3-6-10)15-14(16-13)12-7-4-8-17-12/h1-9H,(H,15,16,18). The summed E-state index contributed by atoms with van der Waals surface area (Å²) >= 11 is 5.19. The van der Waals surface area contributed by atoms with Crippen LogP contribution in [0.25, 0.3) is 22.8 Å². The molecule has 0 saturated heterocycles. The first-order valence-corrected chi connectivity index (χ1v) is 5.94. The molecule has 1 aromatic carbocycles. The molecule has 18 heavy (non-hydrogen) atoms. The van der Waals surface area contributed by atoms with Crippen LogP contribution in [0.4, 0.5) is 0 Å². The molecule has 0 fully saturated rings. The molecule has 4 heteroatoms. The molecule has 0 saturated carbocycles. The van der Waals surface area contributed by atoms with Gasteiger partial charge in [0.2, 0.25) is 0 Å². The second-order valence-corrected chi connectivity index (χ2v) is 4.24. The molecule has 3 nitrogen and oxygen atoms in total. The summed E-state index contributed by atoms with van der Waals surface area (Å²) in [4.78, 5) is 7.50. The Bertz CT molecular complexity index is 702. The Morgan fingerprint density at radius 1 is 1.06 bits per heavy atom. The summed E-state index contributed by atoms with van der Waals surface area (Å²) in [7, 11) is 0. The van der Waals surface area contributed by atoms with Gasteiger partial charge >= 0.3 is 0 Å². The van der Waals surface area contributed by atoms with Crippen molar-refractivity contribution < 1.29 is 4.42 Å². The molecular weight excluding hydrogens is 244 g/mol. The van der Waals surface area contributed by atoms with Crippen molar-refractivity contribution in [1.29, 1.82) is 0 Å². The van der Waals surface area contributed by atoms with Gasteiger partial charge in [0, 0.05) is 0 Å². The Hall–Kier alpha value is -2.20. The minimum absolute atomic E-state index is 0.541. The van der Waals surface area contributed by atoms with E-state index in [0.29, 0.717) is 16.2 Å². The fraction of sp³-hybridized carbons (Fsp3) is 0. The molecule has 0 aliphatic rings. The highest BCUT2D eigenvalue weighted by atomic mass is 32.1. The van der Waals surface area contributed by atoms with Crippen molar-refractivity contribution in [2.24, 2.45) is 0 Å². The number of hydrogen-bond acceptors (Lipinski definition) is 3. The summed E-state index contributed by atoms with van der Waals surface area (Å²) in [5.41, 5.74) is 2.00. The first-order valence-electron chi connectivity index (χ1n) is 5.53. The predicted octanol–water partition coefficient (Wildman–Crippen LogP) is 4.07. The lowest BCUT2D eigenvalue weighted by molar-refractivity contribution is 0.577. The molecule has 0 bridgehead atoms. The van der Waals surface area contributed by atoms with E-state index in [1.54, 1.807) is 6.26 Å². The maximum absolute atomic E-state index is 5.33. The molecule has 3 aromatic rings. The lowest BCUT2D eigenvalue weighted by Gasteiger charge is -2.04. The van der Waals surface area contributed by atoms with Crippen LogP contribution in [0.15, 0.2) is 59.2 Å². The van der Waals surface area contributed by atoms with E-state index in [1.165, 1.54) is 0 Å². The van der Waals surface area contributed by atoms with Gasteiger partial charge in [0.15, 0.2) is 11.6 Å². The lowest BCUT2D eigenvalue weighted by Crippen LogP contribution is -1.91. The number of aromatic amines is 1. The van der Waals surface area contributed by atoms with Gasteiger partial charge in [-0.2, -0.15) is 0 Å². The molecule has 0 amide bonds. The third-order valence-electron chi connectivity index (χ3n) is 2.58. The van der Waals surface area contributed by atoms with E-state index in [-0.39, 0.29) is 0 Å². The molecule has 88 valence electrons. The smallest absolute Gasteiger partial charge is 0.175 e. The Kier molecular flexibility index (Phi) is 2.78. The minimum atomic E-state index is 0.541. The fourth-order valence-electron chi connectivity index (χ4n) is 1.76. The summed E-state index contributed by atoms with van der Waals surface area (Å²) in [6.45, 7) is 0. The van der Waals surface area contributed by atoms with Gasteiger partial charge < -0.3 is 9.40 Å². The molecular formula is C14H10N2OS. The molecule has 2 aromatic heterocycles. The number of benzene rings is 1. The van der Waals surface area contributed by atoms with Crippen molar-refractivity contribution >= 4 is 12.2 Å². The zero-order chi connectivity index (χ0) is 12.4. The van der Waals surface area contributed by atoms with Crippen LogP contribution in [0, 0.1) is 4.64 Å². The Morgan fingerprint density at radius 2 is 1.89 bits per heavy atom. The molecule has 1 N–H and O–H groups in total. The number of rotatable bonds is 2. The van der Waals surface area contributed by atoms with Crippen LogP contribution in [0.5, 0.6) is 0 Å². The van der Waals surface area contributed by atoms with Crippen molar-refractivity contribution in [1.82, 2.24) is 9.97 Å². The second-order valence-electron chi connectivity index (χ2n) is 3.82. The molecule has 0 radical (unpaired) electrons. The van der Waals surface area contributed by atoms with E-state index in [1.807, 2.05) is 48.5 Å². The Morgan fingerprint density at radius 3 is 2.61 bits per heavy atom. The average molecular weight is 254 g/mol. The van der Waals surface area contributed by atoms with E-state index in [2.05, 4.69) is 9.97 Å². The Balaban J connectivity index is 2.15. The zero-order valence-electron chi connectivity index (χ0n) is 9.46. The van der Waals surface area contributed by atoms with Crippen molar-refractivity contribution in [3.05, 3.63) is 59.4 Å². The van der Waals surface area contributed by atoms with Crippen LogP contribution >= 0.6 is 12.2 Å². The molecule has 2 heterocycles. The third kappa shape index (κ3) is 2.10. The van der Waals surface area contributed by atoms with E-state index >= 15 is 0 Å². The van der Waals surface area contributed by atoms with E-state index in [0.717, 1.165) is 11.3 Å². The number of furan rings is 1. The van der Waals surface area contributed by atoms with Gasteiger partial charge in [0.05, 0.1) is 12.0 Å². The highest BCUT2D eigenvalue weighted by Gasteiger charge is 2.05. The average Bonchev–Trinajstić information content (AvgIpc) is 2.93. The monoisotopic (exact) mass is 254 g/mol. The fourth-order valence-corrected chi connectivity index (χ4v) is 1.97. The quantitative estimate of drug-likeness (QED) is 0.701. The molecule has 0 aliphatic heterocycles. The first-order chi connectivity index (χ1) is 8.83. The number of hydrogen-bond donors (Lipinski definition) is 1. The second kappa shape index (κ2) is 4.58. The van der Waals surface area contributed by atoms with Crippen molar-refractivity contribution in [3.63, 3.8) is 0 Å². The SMILES string of the molecule is S=c1cc(-c2ccccc2)[nH]c(-c2ccco2)n1. The summed E-state index contributed by atoms with van der Waals surface area (Å²) in [6.07, 6.45) is 1.61. The van der Waals surface area contributed by atoms with Crippen LogP contribution in [-0.4, -0.2) is 9.97 Å². The number of aromatic nitrogens is 2. The van der Waals surface area contributed by atoms with Crippen molar-refractivity contribution in [3.8, 4) is 22.8 Å². The van der Waals surface area contributed by atoms with Crippen molar-refractivity contribution in [2.45, 2.75) is 0 Å². The summed E-state index contributed by atoms with van der Waals surface area (Å²) in [5.74, 6) is 1.32. The van der Waals surface area contributed by atoms with Crippen LogP contribution in [0.2, 0.25) is 0 Å². The van der Waals surface area contributed by atoms with Crippen LogP contribution < -0.4 is 0 Å². The van der Waals surface area contributed by atoms with E-state index < -0.39 is 0 Å². The van der Waals surface area contributed by atoms with Gasteiger partial charge in [-0.05, 0) is 23.8 Å². The highest BCUT2D eigenvalue weighted by molar-refractivity contribution is 7.71. The van der Waals surface area contributed by atoms with Gasteiger partial charge in [0.1, 0.15) is 4.64 Å². The predicted molar refractivity (Wildman–Crippen MR) is 72.6 cm³/mol. The van der Waals surface area contributed by atoms with E-state index in [9.17, 15) is 0 Å². The van der Waals surface area contributed by atoms with Crippen LogP contribution in [0.3, 0.4) is 0 Å². The van der Waals surface area contributed by atoms with Gasteiger partial charge in [-0.3, -0.25) is 0 Å². The summed E-state index contributed by atoms with van der Waals surface area (Å²) in [6, 6.07) is 15.5. The highest BCUT2D eigenvalue weighted by Crippen LogP contribution is 2.21. The van der Waals surface area contributed by atoms with E-state index in [4.69, 9.17) is 16.6 Å². The topological polar surface area (TPSA) is 41.8 Å². The van der Waals surface area contributed by atoms with Gasteiger partial charge in [-0.25, -0.2) is 4.98 Å². The Labute approximate surface area is 109 Å². The summed E-state index contributed by atoms with van der Waals surface area (Å²) < 4.78 is 5.87. The third-order valence-corrected chi connectivity index (χ3v) is 2.79. The maximum atomic E-state index is 5.33. The van der Waals surface area contributed by atoms with Gasteiger partial charge in [-0.1, -0.05) is 42.5 Å². The van der Waals surface area contributed by atoms with Gasteiger partial charge in [-0.15, -0.1) is 0 Å². The number of H-pyrrole nitrogens is 1. The molecule has 3 rings (SSSR count). The molecule has 0 atom stereocenters. The van der Waals surface area contributed by atoms with Crippen LogP contribution in [-0.2, 0) is 0 Å². The molecule has 0 unspecified atom stereocenters. The summed E-state index contributed by atoms with van der Waals surface area (Å²) in [5, 5.41) is 0.